The summed E-state index contributed by atoms with van der Waals surface area (Å²) < 4.78 is 0. The van der Waals surface area contributed by atoms with Gasteiger partial charge in [-0.05, 0) is 19.9 Å². The SMILES string of the molecule is CC1=CC=CC(C)(C=O)N1. The number of carbonyl (C=O) groups excluding carboxylic acids is 1. The summed E-state index contributed by atoms with van der Waals surface area (Å²) in [4.78, 5) is 10.5. The molecule has 0 aromatic carbocycles. The second-order valence-corrected chi connectivity index (χ2v) is 2.73. The van der Waals surface area contributed by atoms with Gasteiger partial charge >= 0.3 is 0 Å². The predicted molar refractivity (Wildman–Crippen MR) is 40.5 cm³/mol. The first kappa shape index (κ1) is 7.06. The molecule has 0 fully saturated rings. The van der Waals surface area contributed by atoms with Crippen LogP contribution in [0.15, 0.2) is 23.9 Å². The summed E-state index contributed by atoms with van der Waals surface area (Å²) in [6, 6.07) is 0. The third-order valence-corrected chi connectivity index (χ3v) is 1.50. The zero-order valence-corrected chi connectivity index (χ0v) is 6.22. The number of hydrogen-bond donors (Lipinski definition) is 1. The van der Waals surface area contributed by atoms with E-state index in [4.69, 9.17) is 0 Å². The van der Waals surface area contributed by atoms with Crippen molar-refractivity contribution < 1.29 is 4.79 Å². The molecule has 0 saturated heterocycles. The molecule has 2 nitrogen and oxygen atoms in total. The van der Waals surface area contributed by atoms with Crippen LogP contribution in [0.4, 0.5) is 0 Å². The molecule has 1 N–H and O–H groups in total. The second-order valence-electron chi connectivity index (χ2n) is 2.73. The number of dihydropyridines is 1. The molecule has 0 spiro atoms. The zero-order chi connectivity index (χ0) is 7.61. The van der Waals surface area contributed by atoms with Gasteiger partial charge in [0.05, 0.1) is 0 Å². The van der Waals surface area contributed by atoms with Crippen LogP contribution in [0.2, 0.25) is 0 Å². The molecule has 0 aromatic heterocycles. The fourth-order valence-electron chi connectivity index (χ4n) is 0.969. The van der Waals surface area contributed by atoms with Gasteiger partial charge in [0.1, 0.15) is 11.8 Å². The lowest BCUT2D eigenvalue weighted by Crippen LogP contribution is -2.41. The van der Waals surface area contributed by atoms with Crippen molar-refractivity contribution in [1.82, 2.24) is 5.32 Å². The maximum absolute atomic E-state index is 10.5. The highest BCUT2D eigenvalue weighted by atomic mass is 16.1. The van der Waals surface area contributed by atoms with Crippen molar-refractivity contribution in [3.05, 3.63) is 23.9 Å². The van der Waals surface area contributed by atoms with Gasteiger partial charge in [0.15, 0.2) is 0 Å². The van der Waals surface area contributed by atoms with E-state index in [1.165, 1.54) is 0 Å². The number of hydrogen-bond acceptors (Lipinski definition) is 2. The Morgan fingerprint density at radius 2 is 2.40 bits per heavy atom. The first-order valence-corrected chi connectivity index (χ1v) is 3.27. The molecule has 0 aromatic rings. The molecule has 10 heavy (non-hydrogen) atoms. The minimum Gasteiger partial charge on any atom is -0.374 e. The molecule has 54 valence electrons. The normalized spacial score (nSPS) is 30.8. The van der Waals surface area contributed by atoms with Gasteiger partial charge in [0.25, 0.3) is 0 Å². The number of allylic oxidation sites excluding steroid dienone is 3. The van der Waals surface area contributed by atoms with Gasteiger partial charge < -0.3 is 10.1 Å². The van der Waals surface area contributed by atoms with Crippen LogP contribution in [0.1, 0.15) is 13.8 Å². The van der Waals surface area contributed by atoms with Crippen LogP contribution in [0.25, 0.3) is 0 Å². The van der Waals surface area contributed by atoms with Crippen LogP contribution < -0.4 is 5.32 Å². The number of rotatable bonds is 1. The van der Waals surface area contributed by atoms with E-state index >= 15 is 0 Å². The Hall–Kier alpha value is -1.05. The fourth-order valence-corrected chi connectivity index (χ4v) is 0.969. The predicted octanol–water partition coefficient (Wildman–Crippen LogP) is 1.01. The first-order chi connectivity index (χ1) is 4.66. The quantitative estimate of drug-likeness (QED) is 0.546. The summed E-state index contributed by atoms with van der Waals surface area (Å²) in [6.07, 6.45) is 6.57. The summed E-state index contributed by atoms with van der Waals surface area (Å²) in [7, 11) is 0. The van der Waals surface area contributed by atoms with E-state index in [9.17, 15) is 4.79 Å². The largest absolute Gasteiger partial charge is 0.374 e. The Kier molecular flexibility index (Phi) is 1.62. The van der Waals surface area contributed by atoms with Crippen LogP contribution in [0.5, 0.6) is 0 Å². The van der Waals surface area contributed by atoms with Crippen molar-refractivity contribution >= 4 is 6.29 Å². The Labute approximate surface area is 60.6 Å². The first-order valence-electron chi connectivity index (χ1n) is 3.27. The minimum atomic E-state index is -0.487. The van der Waals surface area contributed by atoms with Gasteiger partial charge in [-0.3, -0.25) is 0 Å². The summed E-state index contributed by atoms with van der Waals surface area (Å²) >= 11 is 0. The van der Waals surface area contributed by atoms with Crippen LogP contribution in [0.3, 0.4) is 0 Å². The van der Waals surface area contributed by atoms with Crippen LogP contribution in [0, 0.1) is 0 Å². The van der Waals surface area contributed by atoms with Crippen molar-refractivity contribution in [3.63, 3.8) is 0 Å². The van der Waals surface area contributed by atoms with Crippen LogP contribution in [-0.4, -0.2) is 11.8 Å². The van der Waals surface area contributed by atoms with Gasteiger partial charge in [-0.2, -0.15) is 0 Å². The summed E-state index contributed by atoms with van der Waals surface area (Å²) in [5.74, 6) is 0. The highest BCUT2D eigenvalue weighted by Crippen LogP contribution is 2.09. The highest BCUT2D eigenvalue weighted by Gasteiger charge is 2.20. The van der Waals surface area contributed by atoms with Gasteiger partial charge in [-0.15, -0.1) is 0 Å². The smallest absolute Gasteiger partial charge is 0.149 e. The maximum atomic E-state index is 10.5. The minimum absolute atomic E-state index is 0.487. The van der Waals surface area contributed by atoms with E-state index in [0.29, 0.717) is 0 Å². The Morgan fingerprint density at radius 1 is 1.70 bits per heavy atom. The molecule has 0 aliphatic carbocycles. The monoisotopic (exact) mass is 137 g/mol. The van der Waals surface area contributed by atoms with E-state index in [-0.39, 0.29) is 0 Å². The molecule has 0 saturated carbocycles. The molecule has 1 aliphatic rings. The molecule has 0 bridgehead atoms. The van der Waals surface area contributed by atoms with E-state index in [2.05, 4.69) is 5.32 Å². The highest BCUT2D eigenvalue weighted by molar-refractivity contribution is 5.68. The molecule has 0 radical (unpaired) electrons. The Morgan fingerprint density at radius 3 is 2.80 bits per heavy atom. The lowest BCUT2D eigenvalue weighted by Gasteiger charge is -2.24. The topological polar surface area (TPSA) is 29.1 Å². The van der Waals surface area contributed by atoms with Crippen molar-refractivity contribution in [2.45, 2.75) is 19.4 Å². The molecule has 1 atom stereocenters. The molecule has 1 rings (SSSR count). The standard InChI is InChI=1S/C8H11NO/c1-7-4-3-5-8(2,6-10)9-7/h3-6,9H,1-2H3. The summed E-state index contributed by atoms with van der Waals surface area (Å²) in [5, 5.41) is 3.05. The number of carbonyl (C=O) groups is 1. The van der Waals surface area contributed by atoms with Crippen molar-refractivity contribution in [3.8, 4) is 0 Å². The van der Waals surface area contributed by atoms with Gasteiger partial charge in [-0.1, -0.05) is 12.2 Å². The maximum Gasteiger partial charge on any atom is 0.149 e. The van der Waals surface area contributed by atoms with Crippen molar-refractivity contribution in [1.29, 1.82) is 0 Å². The van der Waals surface area contributed by atoms with Crippen molar-refractivity contribution in [2.75, 3.05) is 0 Å². The average molecular weight is 137 g/mol. The Balaban J connectivity index is 2.80. The van der Waals surface area contributed by atoms with E-state index in [0.717, 1.165) is 12.0 Å². The molecular formula is C8H11NO. The van der Waals surface area contributed by atoms with Gasteiger partial charge in [-0.25, -0.2) is 0 Å². The molecule has 1 unspecified atom stereocenters. The van der Waals surface area contributed by atoms with E-state index in [1.807, 2.05) is 32.1 Å². The third kappa shape index (κ3) is 1.26. The van der Waals surface area contributed by atoms with E-state index in [1.54, 1.807) is 0 Å². The zero-order valence-electron chi connectivity index (χ0n) is 6.22. The second kappa shape index (κ2) is 2.29. The van der Waals surface area contributed by atoms with Crippen LogP contribution >= 0.6 is 0 Å². The van der Waals surface area contributed by atoms with Gasteiger partial charge in [0, 0.05) is 5.70 Å². The fraction of sp³-hybridized carbons (Fsp3) is 0.375. The van der Waals surface area contributed by atoms with Crippen molar-refractivity contribution in [2.24, 2.45) is 0 Å². The molecule has 1 heterocycles. The summed E-state index contributed by atoms with van der Waals surface area (Å²) in [5.41, 5.74) is 0.538. The molecular weight excluding hydrogens is 126 g/mol. The average Bonchev–Trinajstić information content (AvgIpc) is 1.88. The van der Waals surface area contributed by atoms with E-state index < -0.39 is 5.54 Å². The van der Waals surface area contributed by atoms with Gasteiger partial charge in [0.2, 0.25) is 0 Å². The third-order valence-electron chi connectivity index (χ3n) is 1.50. The lowest BCUT2D eigenvalue weighted by atomic mass is 10.0. The lowest BCUT2D eigenvalue weighted by molar-refractivity contribution is -0.111. The molecule has 2 heteroatoms. The number of nitrogens with one attached hydrogen (secondary N) is 1. The summed E-state index contributed by atoms with van der Waals surface area (Å²) in [6.45, 7) is 3.78. The van der Waals surface area contributed by atoms with Crippen LogP contribution in [-0.2, 0) is 4.79 Å². The Bertz CT molecular complexity index is 205. The molecule has 0 amide bonds. The molecule has 1 aliphatic heterocycles. The number of aldehydes is 1.